The van der Waals surface area contributed by atoms with Crippen molar-refractivity contribution >= 4 is 0 Å². The maximum atomic E-state index is 5.80. The van der Waals surface area contributed by atoms with Crippen LogP contribution in [-0.4, -0.2) is 26.4 Å². The van der Waals surface area contributed by atoms with E-state index in [1.165, 1.54) is 5.56 Å². The number of hydrogen-bond donors (Lipinski definition) is 1. The minimum absolute atomic E-state index is 0.197. The molecular formula is C14H23NO2. The summed E-state index contributed by atoms with van der Waals surface area (Å²) in [4.78, 5) is 0. The number of rotatable bonds is 7. The number of nitrogens with one attached hydrogen (secondary N) is 1. The highest BCUT2D eigenvalue weighted by Gasteiger charge is 2.11. The van der Waals surface area contributed by atoms with Gasteiger partial charge in [-0.3, -0.25) is 0 Å². The highest BCUT2D eigenvalue weighted by Crippen LogP contribution is 2.25. The third kappa shape index (κ3) is 4.75. The third-order valence-corrected chi connectivity index (χ3v) is 2.50. The number of benzene rings is 1. The molecule has 3 nitrogen and oxygen atoms in total. The van der Waals surface area contributed by atoms with E-state index < -0.39 is 0 Å². The Morgan fingerprint density at radius 1 is 1.18 bits per heavy atom. The summed E-state index contributed by atoms with van der Waals surface area (Å²) in [5, 5.41) is 3.41. The van der Waals surface area contributed by atoms with Crippen molar-refractivity contribution in [2.75, 3.05) is 20.3 Å². The maximum Gasteiger partial charge on any atom is 0.124 e. The van der Waals surface area contributed by atoms with Crippen LogP contribution >= 0.6 is 0 Å². The summed E-state index contributed by atoms with van der Waals surface area (Å²) in [7, 11) is 1.71. The smallest absolute Gasteiger partial charge is 0.124 e. The molecule has 0 saturated heterocycles. The van der Waals surface area contributed by atoms with Gasteiger partial charge in [0.1, 0.15) is 5.75 Å². The van der Waals surface area contributed by atoms with Gasteiger partial charge in [0.2, 0.25) is 0 Å². The molecule has 0 aliphatic carbocycles. The Morgan fingerprint density at radius 3 is 2.53 bits per heavy atom. The summed E-state index contributed by atoms with van der Waals surface area (Å²) in [5.41, 5.74) is 1.19. The topological polar surface area (TPSA) is 30.5 Å². The van der Waals surface area contributed by atoms with Crippen molar-refractivity contribution in [3.05, 3.63) is 29.8 Å². The van der Waals surface area contributed by atoms with Crippen LogP contribution in [0.15, 0.2) is 24.3 Å². The Balaban J connectivity index is 2.67. The van der Waals surface area contributed by atoms with Crippen LogP contribution in [0.3, 0.4) is 0 Å². The molecule has 0 bridgehead atoms. The summed E-state index contributed by atoms with van der Waals surface area (Å²) in [6.45, 7) is 7.78. The minimum atomic E-state index is 0.197. The largest absolute Gasteiger partial charge is 0.491 e. The highest BCUT2D eigenvalue weighted by molar-refractivity contribution is 5.35. The fourth-order valence-corrected chi connectivity index (χ4v) is 1.69. The van der Waals surface area contributed by atoms with Gasteiger partial charge in [0, 0.05) is 25.3 Å². The van der Waals surface area contributed by atoms with Crippen LogP contribution in [-0.2, 0) is 4.74 Å². The van der Waals surface area contributed by atoms with Crippen molar-refractivity contribution in [1.82, 2.24) is 5.32 Å². The van der Waals surface area contributed by atoms with E-state index >= 15 is 0 Å². The molecule has 0 spiro atoms. The van der Waals surface area contributed by atoms with Crippen LogP contribution in [0.2, 0.25) is 0 Å². The van der Waals surface area contributed by atoms with E-state index in [2.05, 4.69) is 18.3 Å². The first-order valence-electron chi connectivity index (χ1n) is 6.13. The molecule has 0 aliphatic heterocycles. The minimum Gasteiger partial charge on any atom is -0.491 e. The fourth-order valence-electron chi connectivity index (χ4n) is 1.69. The number of ether oxygens (including phenoxy) is 2. The van der Waals surface area contributed by atoms with Crippen LogP contribution in [0, 0.1) is 0 Å². The van der Waals surface area contributed by atoms with E-state index in [4.69, 9.17) is 9.47 Å². The van der Waals surface area contributed by atoms with Gasteiger partial charge >= 0.3 is 0 Å². The zero-order valence-electron chi connectivity index (χ0n) is 11.2. The average Bonchev–Trinajstić information content (AvgIpc) is 2.29. The zero-order chi connectivity index (χ0) is 12.7. The lowest BCUT2D eigenvalue weighted by atomic mass is 10.1. The first-order valence-corrected chi connectivity index (χ1v) is 6.13. The van der Waals surface area contributed by atoms with Crippen LogP contribution in [0.5, 0.6) is 5.75 Å². The summed E-state index contributed by atoms with van der Waals surface area (Å²) in [6.07, 6.45) is 0.197. The van der Waals surface area contributed by atoms with Crippen molar-refractivity contribution in [1.29, 1.82) is 0 Å². The number of hydrogen-bond acceptors (Lipinski definition) is 3. The molecule has 0 amide bonds. The molecular weight excluding hydrogens is 214 g/mol. The quantitative estimate of drug-likeness (QED) is 0.740. The van der Waals surface area contributed by atoms with Crippen LogP contribution in [0.1, 0.15) is 32.4 Å². The van der Waals surface area contributed by atoms with Gasteiger partial charge in [0.05, 0.1) is 12.7 Å². The summed E-state index contributed by atoms with van der Waals surface area (Å²) < 4.78 is 10.8. The molecule has 1 aromatic rings. The summed E-state index contributed by atoms with van der Waals surface area (Å²) in [5.74, 6) is 0.958. The fraction of sp³-hybridized carbons (Fsp3) is 0.571. The van der Waals surface area contributed by atoms with E-state index in [0.717, 1.165) is 18.9 Å². The van der Waals surface area contributed by atoms with Crippen molar-refractivity contribution in [2.24, 2.45) is 0 Å². The number of para-hydroxylation sites is 1. The van der Waals surface area contributed by atoms with Crippen LogP contribution < -0.4 is 10.1 Å². The molecule has 0 unspecified atom stereocenters. The van der Waals surface area contributed by atoms with Crippen molar-refractivity contribution < 1.29 is 9.47 Å². The van der Waals surface area contributed by atoms with Crippen molar-refractivity contribution in [2.45, 2.75) is 32.9 Å². The standard InChI is InChI=1S/C14H23NO2/c1-11(2)17-14-8-6-5-7-13(14)12(3)15-9-10-16-4/h5-8,11-12,15H,9-10H2,1-4H3/t12-/m1/s1. The summed E-state index contributed by atoms with van der Waals surface area (Å²) >= 11 is 0. The molecule has 0 heterocycles. The third-order valence-electron chi connectivity index (χ3n) is 2.50. The molecule has 0 aromatic heterocycles. The van der Waals surface area contributed by atoms with Gasteiger partial charge < -0.3 is 14.8 Å². The second-order valence-corrected chi connectivity index (χ2v) is 4.37. The molecule has 1 aromatic carbocycles. The molecule has 0 radical (unpaired) electrons. The molecule has 17 heavy (non-hydrogen) atoms. The highest BCUT2D eigenvalue weighted by atomic mass is 16.5. The van der Waals surface area contributed by atoms with E-state index in [-0.39, 0.29) is 12.1 Å². The zero-order valence-corrected chi connectivity index (χ0v) is 11.2. The molecule has 0 aliphatic rings. The second-order valence-electron chi connectivity index (χ2n) is 4.37. The van der Waals surface area contributed by atoms with Gasteiger partial charge in [0.15, 0.2) is 0 Å². The van der Waals surface area contributed by atoms with Crippen LogP contribution in [0.4, 0.5) is 0 Å². The molecule has 1 N–H and O–H groups in total. The second kappa shape index (κ2) is 7.30. The molecule has 1 rings (SSSR count). The Bertz CT molecular complexity index is 326. The van der Waals surface area contributed by atoms with E-state index in [1.54, 1.807) is 7.11 Å². The van der Waals surface area contributed by atoms with E-state index in [0.29, 0.717) is 0 Å². The van der Waals surface area contributed by atoms with Crippen molar-refractivity contribution in [3.63, 3.8) is 0 Å². The van der Waals surface area contributed by atoms with Crippen molar-refractivity contribution in [3.8, 4) is 5.75 Å². The first-order chi connectivity index (χ1) is 8.15. The molecule has 3 heteroatoms. The van der Waals surface area contributed by atoms with E-state index in [1.807, 2.05) is 32.0 Å². The molecule has 96 valence electrons. The summed E-state index contributed by atoms with van der Waals surface area (Å²) in [6, 6.07) is 8.42. The predicted octanol–water partition coefficient (Wildman–Crippen LogP) is 2.77. The van der Waals surface area contributed by atoms with E-state index in [9.17, 15) is 0 Å². The van der Waals surface area contributed by atoms with Crippen LogP contribution in [0.25, 0.3) is 0 Å². The predicted molar refractivity (Wildman–Crippen MR) is 70.5 cm³/mol. The molecule has 0 fully saturated rings. The van der Waals surface area contributed by atoms with Gasteiger partial charge in [-0.1, -0.05) is 18.2 Å². The van der Waals surface area contributed by atoms with Gasteiger partial charge in [0.25, 0.3) is 0 Å². The Kier molecular flexibility index (Phi) is 6.01. The Hall–Kier alpha value is -1.06. The lowest BCUT2D eigenvalue weighted by molar-refractivity contribution is 0.195. The average molecular weight is 237 g/mol. The molecule has 1 atom stereocenters. The van der Waals surface area contributed by atoms with Gasteiger partial charge in [-0.05, 0) is 26.8 Å². The Labute approximate surface area is 104 Å². The number of methoxy groups -OCH3 is 1. The monoisotopic (exact) mass is 237 g/mol. The SMILES string of the molecule is COCCN[C@H](C)c1ccccc1OC(C)C. The van der Waals surface area contributed by atoms with Gasteiger partial charge in [-0.25, -0.2) is 0 Å². The normalized spacial score (nSPS) is 12.8. The first kappa shape index (κ1) is 14.0. The lowest BCUT2D eigenvalue weighted by Crippen LogP contribution is -2.23. The lowest BCUT2D eigenvalue weighted by Gasteiger charge is -2.19. The maximum absolute atomic E-state index is 5.80. The van der Waals surface area contributed by atoms with Gasteiger partial charge in [-0.2, -0.15) is 0 Å². The van der Waals surface area contributed by atoms with Gasteiger partial charge in [-0.15, -0.1) is 0 Å². The Morgan fingerprint density at radius 2 is 1.88 bits per heavy atom. The molecule has 0 saturated carbocycles.